The number of nitrogens with one attached hydrogen (secondary N) is 2. The Labute approximate surface area is 151 Å². The Morgan fingerprint density at radius 2 is 1.83 bits per heavy atom. The number of ether oxygens (including phenoxy) is 2. The topological polar surface area (TPSA) is 42.5 Å². The van der Waals surface area contributed by atoms with Crippen molar-refractivity contribution in [2.24, 2.45) is 0 Å². The molecule has 0 radical (unpaired) electrons. The van der Waals surface area contributed by atoms with E-state index in [0.717, 1.165) is 35.2 Å². The molecule has 1 aliphatic rings. The van der Waals surface area contributed by atoms with Crippen LogP contribution in [-0.4, -0.2) is 30.6 Å². The summed E-state index contributed by atoms with van der Waals surface area (Å²) in [5.41, 5.74) is 2.24. The predicted octanol–water partition coefficient (Wildman–Crippen LogP) is 3.68. The summed E-state index contributed by atoms with van der Waals surface area (Å²) in [6.45, 7) is 2.01. The summed E-state index contributed by atoms with van der Waals surface area (Å²) in [5.74, 6) is 3.55. The molecule has 0 fully saturated rings. The first kappa shape index (κ1) is 16.9. The summed E-state index contributed by atoms with van der Waals surface area (Å²) < 4.78 is 11.1. The van der Waals surface area contributed by atoms with Crippen molar-refractivity contribution in [3.05, 3.63) is 54.1 Å². The molecule has 0 amide bonds. The molecule has 0 unspecified atom stereocenters. The fraction of sp³-hybridized carbons (Fsp3) is 0.278. The zero-order valence-corrected chi connectivity index (χ0v) is 14.9. The molecule has 0 saturated carbocycles. The maximum Gasteiger partial charge on any atom is 0.170 e. The van der Waals surface area contributed by atoms with E-state index in [1.54, 1.807) is 0 Å². The first-order chi connectivity index (χ1) is 11.8. The van der Waals surface area contributed by atoms with Gasteiger partial charge in [0, 0.05) is 29.8 Å². The highest BCUT2D eigenvalue weighted by Crippen LogP contribution is 2.32. The van der Waals surface area contributed by atoms with Crippen molar-refractivity contribution in [3.63, 3.8) is 0 Å². The fourth-order valence-corrected chi connectivity index (χ4v) is 3.34. The van der Waals surface area contributed by atoms with E-state index in [0.29, 0.717) is 18.3 Å². The lowest BCUT2D eigenvalue weighted by atomic mass is 10.2. The SMILES string of the molecule is S=C(NCCSCc1ccccc1)Nc1ccc2c(c1)OCCO2. The molecule has 2 aromatic carbocycles. The van der Waals surface area contributed by atoms with Crippen molar-refractivity contribution in [2.45, 2.75) is 5.75 Å². The van der Waals surface area contributed by atoms with Crippen LogP contribution in [0.5, 0.6) is 11.5 Å². The normalized spacial score (nSPS) is 12.5. The van der Waals surface area contributed by atoms with Crippen LogP contribution in [0.25, 0.3) is 0 Å². The van der Waals surface area contributed by atoms with E-state index in [1.165, 1.54) is 5.56 Å². The van der Waals surface area contributed by atoms with Gasteiger partial charge in [-0.3, -0.25) is 0 Å². The maximum atomic E-state index is 5.57. The first-order valence-electron chi connectivity index (χ1n) is 7.87. The highest BCUT2D eigenvalue weighted by molar-refractivity contribution is 7.98. The first-order valence-corrected chi connectivity index (χ1v) is 9.44. The minimum absolute atomic E-state index is 0.581. The molecule has 0 spiro atoms. The van der Waals surface area contributed by atoms with Gasteiger partial charge in [-0.25, -0.2) is 0 Å². The van der Waals surface area contributed by atoms with Crippen LogP contribution in [0.15, 0.2) is 48.5 Å². The highest BCUT2D eigenvalue weighted by atomic mass is 32.2. The molecule has 6 heteroatoms. The van der Waals surface area contributed by atoms with Crippen LogP contribution >= 0.6 is 24.0 Å². The van der Waals surface area contributed by atoms with Gasteiger partial charge in [-0.15, -0.1) is 0 Å². The van der Waals surface area contributed by atoms with Crippen molar-refractivity contribution in [2.75, 3.05) is 30.8 Å². The third-order valence-electron chi connectivity index (χ3n) is 3.44. The number of hydrogen-bond acceptors (Lipinski definition) is 4. The summed E-state index contributed by atoms with van der Waals surface area (Å²) in [6.07, 6.45) is 0. The molecular formula is C18H20N2O2S2. The number of thioether (sulfide) groups is 1. The van der Waals surface area contributed by atoms with Crippen LogP contribution < -0.4 is 20.1 Å². The van der Waals surface area contributed by atoms with E-state index in [1.807, 2.05) is 36.0 Å². The average Bonchev–Trinajstić information content (AvgIpc) is 2.62. The Morgan fingerprint density at radius 3 is 2.67 bits per heavy atom. The van der Waals surface area contributed by atoms with Crippen LogP contribution in [0.1, 0.15) is 5.56 Å². The van der Waals surface area contributed by atoms with Crippen molar-refractivity contribution < 1.29 is 9.47 Å². The number of thiocarbonyl (C=S) groups is 1. The van der Waals surface area contributed by atoms with Crippen LogP contribution in [0, 0.1) is 0 Å². The van der Waals surface area contributed by atoms with Gasteiger partial charge in [0.2, 0.25) is 0 Å². The van der Waals surface area contributed by atoms with Gasteiger partial charge in [-0.1, -0.05) is 30.3 Å². The van der Waals surface area contributed by atoms with Gasteiger partial charge in [0.1, 0.15) is 13.2 Å². The van der Waals surface area contributed by atoms with Crippen LogP contribution in [-0.2, 0) is 5.75 Å². The molecule has 3 rings (SSSR count). The third kappa shape index (κ3) is 5.04. The second kappa shape index (κ2) is 8.80. The van der Waals surface area contributed by atoms with E-state index >= 15 is 0 Å². The lowest BCUT2D eigenvalue weighted by Crippen LogP contribution is -2.30. The standard InChI is InChI=1S/C18H20N2O2S2/c23-18(19-8-11-24-13-14-4-2-1-3-5-14)20-15-6-7-16-17(12-15)22-10-9-21-16/h1-7,12H,8-11,13H2,(H2,19,20,23). The number of benzene rings is 2. The summed E-state index contributed by atoms with van der Waals surface area (Å²) >= 11 is 7.22. The van der Waals surface area contributed by atoms with Gasteiger partial charge in [-0.05, 0) is 29.9 Å². The van der Waals surface area contributed by atoms with Crippen LogP contribution in [0.4, 0.5) is 5.69 Å². The monoisotopic (exact) mass is 360 g/mol. The van der Waals surface area contributed by atoms with Crippen LogP contribution in [0.2, 0.25) is 0 Å². The van der Waals surface area contributed by atoms with Gasteiger partial charge >= 0.3 is 0 Å². The molecule has 2 N–H and O–H groups in total. The summed E-state index contributed by atoms with van der Waals surface area (Å²) in [5, 5.41) is 7.02. The maximum absolute atomic E-state index is 5.57. The van der Waals surface area contributed by atoms with E-state index < -0.39 is 0 Å². The summed E-state index contributed by atoms with van der Waals surface area (Å²) in [7, 11) is 0. The number of fused-ring (bicyclic) bond motifs is 1. The number of hydrogen-bond donors (Lipinski definition) is 2. The van der Waals surface area contributed by atoms with Crippen molar-refractivity contribution in [3.8, 4) is 11.5 Å². The molecule has 4 nitrogen and oxygen atoms in total. The lowest BCUT2D eigenvalue weighted by Gasteiger charge is -2.19. The van der Waals surface area contributed by atoms with Crippen molar-refractivity contribution in [1.82, 2.24) is 5.32 Å². The summed E-state index contributed by atoms with van der Waals surface area (Å²) in [4.78, 5) is 0. The van der Waals surface area contributed by atoms with Gasteiger partial charge in [0.15, 0.2) is 16.6 Å². The average molecular weight is 361 g/mol. The summed E-state index contributed by atoms with van der Waals surface area (Å²) in [6, 6.07) is 16.2. The van der Waals surface area contributed by atoms with E-state index in [9.17, 15) is 0 Å². The van der Waals surface area contributed by atoms with Gasteiger partial charge in [0.05, 0.1) is 0 Å². The predicted molar refractivity (Wildman–Crippen MR) is 104 cm³/mol. The minimum atomic E-state index is 0.581. The molecule has 0 bridgehead atoms. The zero-order chi connectivity index (χ0) is 16.6. The van der Waals surface area contributed by atoms with Gasteiger partial charge in [-0.2, -0.15) is 11.8 Å². The molecule has 2 aromatic rings. The third-order valence-corrected chi connectivity index (χ3v) is 4.72. The van der Waals surface area contributed by atoms with E-state index in [-0.39, 0.29) is 0 Å². The minimum Gasteiger partial charge on any atom is -0.486 e. The smallest absolute Gasteiger partial charge is 0.170 e. The Hall–Kier alpha value is -1.92. The number of rotatable bonds is 6. The zero-order valence-electron chi connectivity index (χ0n) is 13.3. The molecule has 1 heterocycles. The molecule has 0 aliphatic carbocycles. The highest BCUT2D eigenvalue weighted by Gasteiger charge is 2.11. The van der Waals surface area contributed by atoms with E-state index in [4.69, 9.17) is 21.7 Å². The molecule has 126 valence electrons. The second-order valence-electron chi connectivity index (χ2n) is 5.28. The van der Waals surface area contributed by atoms with E-state index in [2.05, 4.69) is 34.9 Å². The molecule has 0 atom stereocenters. The molecule has 0 aromatic heterocycles. The van der Waals surface area contributed by atoms with Crippen LogP contribution in [0.3, 0.4) is 0 Å². The molecule has 1 aliphatic heterocycles. The largest absolute Gasteiger partial charge is 0.486 e. The molecular weight excluding hydrogens is 340 g/mol. The Balaban J connectivity index is 1.37. The molecule has 0 saturated heterocycles. The Morgan fingerprint density at radius 1 is 1.04 bits per heavy atom. The fourth-order valence-electron chi connectivity index (χ4n) is 2.30. The van der Waals surface area contributed by atoms with Crippen molar-refractivity contribution >= 4 is 34.8 Å². The number of anilines is 1. The van der Waals surface area contributed by atoms with Gasteiger partial charge in [0.25, 0.3) is 0 Å². The van der Waals surface area contributed by atoms with Crippen molar-refractivity contribution in [1.29, 1.82) is 0 Å². The second-order valence-corrected chi connectivity index (χ2v) is 6.79. The van der Waals surface area contributed by atoms with Gasteiger partial charge < -0.3 is 20.1 Å². The quantitative estimate of drug-likeness (QED) is 0.605. The Kier molecular flexibility index (Phi) is 6.20. The molecule has 24 heavy (non-hydrogen) atoms. The lowest BCUT2D eigenvalue weighted by molar-refractivity contribution is 0.171. The Bertz CT molecular complexity index is 680.